The number of rotatable bonds is 5. The molecule has 0 saturated carbocycles. The Labute approximate surface area is 138 Å². The van der Waals surface area contributed by atoms with E-state index < -0.39 is 0 Å². The molecule has 1 amide bonds. The molecule has 2 aromatic carbocycles. The number of nitriles is 1. The second kappa shape index (κ2) is 7.62. The number of hydrogen-bond acceptors (Lipinski definition) is 3. The molecule has 0 aliphatic heterocycles. The van der Waals surface area contributed by atoms with E-state index in [9.17, 15) is 4.79 Å². The molecule has 0 aliphatic rings. The monoisotopic (exact) mass is 357 g/mol. The van der Waals surface area contributed by atoms with E-state index in [1.165, 1.54) is 5.56 Å². The number of carbonyl (C=O) groups is 1. The molecule has 2 aromatic rings. The third-order valence-corrected chi connectivity index (χ3v) is 3.72. The lowest BCUT2D eigenvalue weighted by Gasteiger charge is -2.09. The molecule has 0 bridgehead atoms. The molecule has 2 N–H and O–H groups in total. The zero-order valence-electron chi connectivity index (χ0n) is 12.2. The van der Waals surface area contributed by atoms with Crippen molar-refractivity contribution in [3.63, 3.8) is 0 Å². The second-order valence-corrected chi connectivity index (χ2v) is 5.76. The van der Waals surface area contributed by atoms with Crippen molar-refractivity contribution in [1.82, 2.24) is 0 Å². The number of nitrogens with zero attached hydrogens (tertiary/aromatic N) is 1. The van der Waals surface area contributed by atoms with Crippen LogP contribution in [0.25, 0.3) is 0 Å². The summed E-state index contributed by atoms with van der Waals surface area (Å²) in [5.74, 6) is -0.0918. The van der Waals surface area contributed by atoms with Crippen molar-refractivity contribution in [2.45, 2.75) is 13.3 Å². The van der Waals surface area contributed by atoms with Gasteiger partial charge in [-0.2, -0.15) is 5.26 Å². The Kier molecular flexibility index (Phi) is 5.56. The first-order chi connectivity index (χ1) is 10.6. The zero-order chi connectivity index (χ0) is 15.9. The number of amides is 1. The fourth-order valence-corrected chi connectivity index (χ4v) is 2.60. The van der Waals surface area contributed by atoms with E-state index in [2.05, 4.69) is 26.6 Å². The van der Waals surface area contributed by atoms with Gasteiger partial charge in [0, 0.05) is 28.8 Å². The molecule has 2 rings (SSSR count). The van der Waals surface area contributed by atoms with Crippen LogP contribution in [0.2, 0.25) is 0 Å². The Balaban J connectivity index is 1.84. The summed E-state index contributed by atoms with van der Waals surface area (Å²) in [6.45, 7) is 2.56. The average Bonchev–Trinajstić information content (AvgIpc) is 2.49. The first kappa shape index (κ1) is 16.1. The van der Waals surface area contributed by atoms with Gasteiger partial charge in [-0.05, 0) is 58.7 Å². The number of anilines is 2. The van der Waals surface area contributed by atoms with Crippen LogP contribution in [0.1, 0.15) is 17.5 Å². The number of aryl methyl sites for hydroxylation is 1. The van der Waals surface area contributed by atoms with Gasteiger partial charge < -0.3 is 10.6 Å². The largest absolute Gasteiger partial charge is 0.384 e. The van der Waals surface area contributed by atoms with Crippen LogP contribution in [0.5, 0.6) is 0 Å². The quantitative estimate of drug-likeness (QED) is 0.847. The smallest absolute Gasteiger partial charge is 0.226 e. The van der Waals surface area contributed by atoms with Crippen molar-refractivity contribution in [1.29, 1.82) is 5.26 Å². The molecule has 0 fully saturated rings. The maximum Gasteiger partial charge on any atom is 0.226 e. The van der Waals surface area contributed by atoms with Gasteiger partial charge in [-0.3, -0.25) is 4.79 Å². The van der Waals surface area contributed by atoms with Gasteiger partial charge >= 0.3 is 0 Å². The predicted molar refractivity (Wildman–Crippen MR) is 91.8 cm³/mol. The van der Waals surface area contributed by atoms with Gasteiger partial charge in [0.05, 0.1) is 11.6 Å². The van der Waals surface area contributed by atoms with E-state index >= 15 is 0 Å². The molecule has 0 aliphatic carbocycles. The summed E-state index contributed by atoms with van der Waals surface area (Å²) in [6.07, 6.45) is 0.344. The molecule has 112 valence electrons. The lowest BCUT2D eigenvalue weighted by Crippen LogP contribution is -2.16. The third-order valence-electron chi connectivity index (χ3n) is 3.07. The van der Waals surface area contributed by atoms with Gasteiger partial charge in [0.2, 0.25) is 5.91 Å². The van der Waals surface area contributed by atoms with Crippen molar-refractivity contribution >= 4 is 33.2 Å². The minimum absolute atomic E-state index is 0.0918. The summed E-state index contributed by atoms with van der Waals surface area (Å²) in [5.41, 5.74) is 3.30. The Morgan fingerprint density at radius 2 is 2.09 bits per heavy atom. The highest BCUT2D eigenvalue weighted by Crippen LogP contribution is 2.23. The molecule has 0 atom stereocenters. The van der Waals surface area contributed by atoms with Gasteiger partial charge in [-0.15, -0.1) is 0 Å². The van der Waals surface area contributed by atoms with E-state index in [1.807, 2.05) is 31.2 Å². The van der Waals surface area contributed by atoms with Crippen molar-refractivity contribution in [2.75, 3.05) is 17.2 Å². The van der Waals surface area contributed by atoms with Crippen LogP contribution < -0.4 is 10.6 Å². The Morgan fingerprint density at radius 3 is 2.82 bits per heavy atom. The lowest BCUT2D eigenvalue weighted by atomic mass is 10.2. The maximum atomic E-state index is 11.9. The number of halogens is 1. The first-order valence-corrected chi connectivity index (χ1v) is 7.68. The number of hydrogen-bond donors (Lipinski definition) is 2. The fraction of sp³-hybridized carbons (Fsp3) is 0.176. The molecule has 22 heavy (non-hydrogen) atoms. The standard InChI is InChI=1S/C17H16BrN3O/c1-12-5-6-16(15(18)9-12)20-8-7-17(22)21-14-4-2-3-13(10-14)11-19/h2-6,9-10,20H,7-8H2,1H3,(H,21,22). The molecule has 0 radical (unpaired) electrons. The van der Waals surface area contributed by atoms with Gasteiger partial charge in [-0.25, -0.2) is 0 Å². The van der Waals surface area contributed by atoms with Crippen LogP contribution in [-0.4, -0.2) is 12.5 Å². The van der Waals surface area contributed by atoms with Crippen molar-refractivity contribution in [3.05, 3.63) is 58.1 Å². The summed E-state index contributed by atoms with van der Waals surface area (Å²) in [4.78, 5) is 11.9. The fourth-order valence-electron chi connectivity index (χ4n) is 1.96. The molecular weight excluding hydrogens is 342 g/mol. The number of benzene rings is 2. The van der Waals surface area contributed by atoms with Gasteiger partial charge in [0.1, 0.15) is 0 Å². The third kappa shape index (κ3) is 4.61. The lowest BCUT2D eigenvalue weighted by molar-refractivity contribution is -0.115. The molecule has 0 aromatic heterocycles. The van der Waals surface area contributed by atoms with Crippen molar-refractivity contribution < 1.29 is 4.79 Å². The SMILES string of the molecule is Cc1ccc(NCCC(=O)Nc2cccc(C#N)c2)c(Br)c1. The number of carbonyl (C=O) groups excluding carboxylic acids is 1. The maximum absolute atomic E-state index is 11.9. The van der Waals surface area contributed by atoms with Crippen LogP contribution in [0.4, 0.5) is 11.4 Å². The molecule has 0 unspecified atom stereocenters. The average molecular weight is 358 g/mol. The van der Waals surface area contributed by atoms with Crippen molar-refractivity contribution in [3.8, 4) is 6.07 Å². The van der Waals surface area contributed by atoms with E-state index in [0.717, 1.165) is 10.2 Å². The molecular formula is C17H16BrN3O. The summed E-state index contributed by atoms with van der Waals surface area (Å²) >= 11 is 3.49. The van der Waals surface area contributed by atoms with E-state index in [4.69, 9.17) is 5.26 Å². The summed E-state index contributed by atoms with van der Waals surface area (Å²) < 4.78 is 0.981. The highest BCUT2D eigenvalue weighted by Gasteiger charge is 2.04. The van der Waals surface area contributed by atoms with Crippen LogP contribution in [0, 0.1) is 18.3 Å². The van der Waals surface area contributed by atoms with Crippen LogP contribution in [0.15, 0.2) is 46.9 Å². The second-order valence-electron chi connectivity index (χ2n) is 4.90. The molecule has 0 spiro atoms. The van der Waals surface area contributed by atoms with Gasteiger partial charge in [0.25, 0.3) is 0 Å². The summed E-state index contributed by atoms with van der Waals surface area (Å²) in [7, 11) is 0. The zero-order valence-corrected chi connectivity index (χ0v) is 13.8. The van der Waals surface area contributed by atoms with Crippen LogP contribution in [0.3, 0.4) is 0 Å². The topological polar surface area (TPSA) is 64.9 Å². The van der Waals surface area contributed by atoms with Crippen molar-refractivity contribution in [2.24, 2.45) is 0 Å². The summed E-state index contributed by atoms with van der Waals surface area (Å²) in [5, 5.41) is 14.8. The Morgan fingerprint density at radius 1 is 1.27 bits per heavy atom. The van der Waals surface area contributed by atoms with E-state index in [-0.39, 0.29) is 5.91 Å². The first-order valence-electron chi connectivity index (χ1n) is 6.88. The molecule has 5 heteroatoms. The van der Waals surface area contributed by atoms with Crippen LogP contribution >= 0.6 is 15.9 Å². The highest BCUT2D eigenvalue weighted by atomic mass is 79.9. The molecule has 0 saturated heterocycles. The number of nitrogens with one attached hydrogen (secondary N) is 2. The molecule has 4 nitrogen and oxygen atoms in total. The van der Waals surface area contributed by atoms with Crippen LogP contribution in [-0.2, 0) is 4.79 Å². The molecule has 0 heterocycles. The summed E-state index contributed by atoms with van der Waals surface area (Å²) in [6, 6.07) is 14.9. The predicted octanol–water partition coefficient (Wildman–Crippen LogP) is 4.07. The van der Waals surface area contributed by atoms with Gasteiger partial charge in [0.15, 0.2) is 0 Å². The minimum Gasteiger partial charge on any atom is -0.384 e. The minimum atomic E-state index is -0.0918. The van der Waals surface area contributed by atoms with Gasteiger partial charge in [-0.1, -0.05) is 12.1 Å². The van der Waals surface area contributed by atoms with E-state index in [0.29, 0.717) is 24.2 Å². The van der Waals surface area contributed by atoms with E-state index in [1.54, 1.807) is 24.3 Å². The Bertz CT molecular complexity index is 722. The normalized spacial score (nSPS) is 9.86. The highest BCUT2D eigenvalue weighted by molar-refractivity contribution is 9.10. The Hall–Kier alpha value is -2.32.